The lowest BCUT2D eigenvalue weighted by molar-refractivity contribution is -0.222. The molecular weight excluding hydrogens is 458 g/mol. The quantitative estimate of drug-likeness (QED) is 0.233. The Morgan fingerprint density at radius 1 is 0.938 bits per heavy atom. The van der Waals surface area contributed by atoms with Gasteiger partial charge in [-0.2, -0.15) is 18.1 Å². The molecule has 0 bridgehead atoms. The summed E-state index contributed by atoms with van der Waals surface area (Å²) in [6, 6.07) is 14.3. The number of rotatable bonds is 3. The minimum absolute atomic E-state index is 0.172. The largest absolute Gasteiger partial charge is 0.494 e. The molecule has 0 saturated carbocycles. The summed E-state index contributed by atoms with van der Waals surface area (Å²) in [5.41, 5.74) is 1.22. The smallest absolute Gasteiger partial charge is 0.361 e. The van der Waals surface area contributed by atoms with Crippen molar-refractivity contribution >= 4 is 37.4 Å². The van der Waals surface area contributed by atoms with Crippen LogP contribution < -0.4 is 0 Å². The van der Waals surface area contributed by atoms with Crippen LogP contribution in [0.25, 0.3) is 10.9 Å². The number of aromatic nitrogens is 1. The fraction of sp³-hybridized carbons (Fsp3) is 0.190. The summed E-state index contributed by atoms with van der Waals surface area (Å²) in [5, 5.41) is -4.56. The molecule has 4 nitrogen and oxygen atoms in total. The van der Waals surface area contributed by atoms with Crippen molar-refractivity contribution in [3.8, 4) is 0 Å². The second-order valence-electron chi connectivity index (χ2n) is 7.00. The number of nitrogens with one attached hydrogen (secondary N) is 1. The third kappa shape index (κ3) is 3.81. The number of benzene rings is 2. The van der Waals surface area contributed by atoms with E-state index in [1.54, 1.807) is 42.5 Å². The predicted molar refractivity (Wildman–Crippen MR) is 108 cm³/mol. The summed E-state index contributed by atoms with van der Waals surface area (Å²) < 4.78 is 81.9. The lowest BCUT2D eigenvalue weighted by atomic mass is 10.0. The van der Waals surface area contributed by atoms with Crippen molar-refractivity contribution in [1.82, 2.24) is 9.88 Å². The van der Waals surface area contributed by atoms with E-state index in [9.17, 15) is 35.9 Å². The lowest BCUT2D eigenvalue weighted by Gasteiger charge is -2.19. The van der Waals surface area contributed by atoms with Gasteiger partial charge in [0.1, 0.15) is 0 Å². The zero-order chi connectivity index (χ0) is 23.3. The Hall–Kier alpha value is -3.08. The summed E-state index contributed by atoms with van der Waals surface area (Å²) in [5.74, 6) is -2.30. The van der Waals surface area contributed by atoms with E-state index in [-0.39, 0.29) is 16.8 Å². The van der Waals surface area contributed by atoms with E-state index < -0.39 is 44.3 Å². The molecule has 1 fully saturated rings. The van der Waals surface area contributed by atoms with Gasteiger partial charge < -0.3 is 4.98 Å². The molecule has 168 valence electrons. The number of carbonyl (C=O) groups excluding carboxylic acids is 2. The van der Waals surface area contributed by atoms with Crippen molar-refractivity contribution in [2.75, 3.05) is 0 Å². The highest BCUT2D eigenvalue weighted by molar-refractivity contribution is 8.30. The number of hydrogen-bond acceptors (Lipinski definition) is 2. The molecule has 2 aromatic carbocycles. The topological polar surface area (TPSA) is 53.2 Å². The second-order valence-corrected chi connectivity index (χ2v) is 8.99. The molecule has 4 rings (SSSR count). The molecule has 1 aromatic heterocycles. The van der Waals surface area contributed by atoms with Gasteiger partial charge in [0.05, 0.1) is 0 Å². The summed E-state index contributed by atoms with van der Waals surface area (Å²) in [6.45, 7) is 0. The molecule has 1 aliphatic heterocycles. The van der Waals surface area contributed by atoms with E-state index >= 15 is 0 Å². The van der Waals surface area contributed by atoms with Gasteiger partial charge >= 0.3 is 12.5 Å². The van der Waals surface area contributed by atoms with E-state index in [1.165, 1.54) is 18.3 Å². The fourth-order valence-corrected chi connectivity index (χ4v) is 6.06. The van der Waals surface area contributed by atoms with Crippen LogP contribution in [0.2, 0.25) is 0 Å². The van der Waals surface area contributed by atoms with Crippen LogP contribution >= 0.6 is 10.5 Å². The highest BCUT2D eigenvalue weighted by atomic mass is 32.2. The molecule has 2 unspecified atom stereocenters. The molecular formula is C21H14F6N2O2S. The lowest BCUT2D eigenvalue weighted by Crippen LogP contribution is -2.45. The third-order valence-electron chi connectivity index (χ3n) is 4.97. The molecule has 0 spiro atoms. The van der Waals surface area contributed by atoms with Crippen LogP contribution in [0.15, 0.2) is 60.8 Å². The van der Waals surface area contributed by atoms with Crippen LogP contribution in [0, 0.1) is 0 Å². The molecule has 2 atom stereocenters. The standard InChI is InChI=1S/C21H14F6N2O2S/c22-20(23,24)17-18(30)29(21(25,26)27)19(31)32(17)16(11-12-5-2-1-3-6-12)14-7-4-8-15-13(14)9-10-28-15/h1-10,17,28H,11H2. The minimum atomic E-state index is -5.56. The van der Waals surface area contributed by atoms with Crippen LogP contribution in [-0.4, -0.2) is 43.6 Å². The molecule has 2 heterocycles. The van der Waals surface area contributed by atoms with Crippen LogP contribution in [-0.2, 0) is 11.2 Å². The Morgan fingerprint density at radius 3 is 2.25 bits per heavy atom. The number of nitrogens with zero attached hydrogens (tertiary/aromatic N) is 1. The normalized spacial score (nSPS) is 20.3. The van der Waals surface area contributed by atoms with E-state index in [0.717, 1.165) is 0 Å². The van der Waals surface area contributed by atoms with Crippen molar-refractivity contribution in [1.29, 1.82) is 0 Å². The first-order chi connectivity index (χ1) is 15.0. The molecule has 1 aliphatic rings. The van der Waals surface area contributed by atoms with Gasteiger partial charge in [0, 0.05) is 23.5 Å². The third-order valence-corrected chi connectivity index (χ3v) is 7.36. The van der Waals surface area contributed by atoms with Crippen LogP contribution in [0.3, 0.4) is 0 Å². The Kier molecular flexibility index (Phi) is 5.40. The molecule has 1 N–H and O–H groups in total. The maximum Gasteiger partial charge on any atom is 0.494 e. The van der Waals surface area contributed by atoms with E-state index in [2.05, 4.69) is 4.98 Å². The van der Waals surface area contributed by atoms with Gasteiger partial charge in [0.2, 0.25) is 0 Å². The number of carbonyl (C=O) groups is 2. The van der Waals surface area contributed by atoms with Crippen molar-refractivity contribution < 1.29 is 35.9 Å². The summed E-state index contributed by atoms with van der Waals surface area (Å²) in [6.07, 6.45) is -9.60. The Balaban J connectivity index is 2.05. The van der Waals surface area contributed by atoms with Gasteiger partial charge in [0.25, 0.3) is 11.1 Å². The van der Waals surface area contributed by atoms with Crippen LogP contribution in [0.4, 0.5) is 31.1 Å². The van der Waals surface area contributed by atoms with E-state index in [1.807, 2.05) is 0 Å². The molecule has 0 aliphatic carbocycles. The van der Waals surface area contributed by atoms with E-state index in [0.29, 0.717) is 16.5 Å². The van der Waals surface area contributed by atoms with E-state index in [4.69, 9.17) is 0 Å². The molecule has 11 heteroatoms. The number of halogens is 6. The SMILES string of the molecule is O=C1C(C(F)(F)F)S(=C(Cc2ccccc2)c2cccc3[nH]ccc23)C(=O)N1C(F)(F)F. The highest BCUT2D eigenvalue weighted by Crippen LogP contribution is 2.49. The van der Waals surface area contributed by atoms with Crippen LogP contribution in [0.1, 0.15) is 11.1 Å². The minimum Gasteiger partial charge on any atom is -0.361 e. The first-order valence-corrected chi connectivity index (χ1v) is 10.5. The Labute approximate surface area is 179 Å². The Morgan fingerprint density at radius 2 is 1.62 bits per heavy atom. The number of amides is 2. The van der Waals surface area contributed by atoms with Crippen molar-refractivity contribution in [3.63, 3.8) is 0 Å². The van der Waals surface area contributed by atoms with Gasteiger partial charge in [-0.1, -0.05) is 52.9 Å². The van der Waals surface area contributed by atoms with Crippen LogP contribution in [0.5, 0.6) is 0 Å². The number of fused-ring (bicyclic) bond motifs is 1. The predicted octanol–water partition coefficient (Wildman–Crippen LogP) is 5.61. The number of aromatic amines is 1. The molecule has 2 amide bonds. The number of hydrogen-bond donors (Lipinski definition) is 1. The summed E-state index contributed by atoms with van der Waals surface area (Å²) in [7, 11) is -2.72. The molecule has 32 heavy (non-hydrogen) atoms. The maximum absolute atomic E-state index is 13.9. The second kappa shape index (κ2) is 7.80. The summed E-state index contributed by atoms with van der Waals surface area (Å²) in [4.78, 5) is 26.6. The van der Waals surface area contributed by atoms with Gasteiger partial charge in [-0.15, -0.1) is 13.2 Å². The van der Waals surface area contributed by atoms with Crippen molar-refractivity contribution in [3.05, 3.63) is 71.9 Å². The monoisotopic (exact) mass is 472 g/mol. The van der Waals surface area contributed by atoms with Crippen molar-refractivity contribution in [2.24, 2.45) is 0 Å². The average molecular weight is 472 g/mol. The zero-order valence-electron chi connectivity index (χ0n) is 16.0. The van der Waals surface area contributed by atoms with Gasteiger partial charge in [0.15, 0.2) is 5.25 Å². The van der Waals surface area contributed by atoms with Gasteiger partial charge in [-0.05, 0) is 28.1 Å². The molecule has 3 aromatic rings. The molecule has 1 saturated heterocycles. The summed E-state index contributed by atoms with van der Waals surface area (Å²) >= 11 is 0. The maximum atomic E-state index is 13.9. The Bertz CT molecular complexity index is 1230. The van der Waals surface area contributed by atoms with Crippen molar-refractivity contribution in [2.45, 2.75) is 24.1 Å². The van der Waals surface area contributed by atoms with Gasteiger partial charge in [-0.25, -0.2) is 0 Å². The number of H-pyrrole nitrogens is 1. The molecule has 0 radical (unpaired) electrons. The first-order valence-electron chi connectivity index (χ1n) is 9.21. The average Bonchev–Trinajstić information content (AvgIpc) is 3.28. The van der Waals surface area contributed by atoms with Gasteiger partial charge in [-0.3, -0.25) is 9.59 Å². The first kappa shape index (κ1) is 22.1. The number of alkyl halides is 6. The number of imide groups is 1. The fourth-order valence-electron chi connectivity index (χ4n) is 3.66. The zero-order valence-corrected chi connectivity index (χ0v) is 16.8. The highest BCUT2D eigenvalue weighted by Gasteiger charge is 2.64.